The Hall–Kier alpha value is -3.50. The molecular formula is C27H23ClN2O2. The van der Waals surface area contributed by atoms with Gasteiger partial charge in [0.05, 0.1) is 5.69 Å². The summed E-state index contributed by atoms with van der Waals surface area (Å²) in [6, 6.07) is 23.8. The first-order chi connectivity index (χ1) is 15.4. The summed E-state index contributed by atoms with van der Waals surface area (Å²) in [5, 5.41) is 3.36. The van der Waals surface area contributed by atoms with Crippen molar-refractivity contribution in [1.29, 1.82) is 0 Å². The molecule has 0 fully saturated rings. The Morgan fingerprint density at radius 1 is 0.969 bits per heavy atom. The maximum absolute atomic E-state index is 13.5. The predicted molar refractivity (Wildman–Crippen MR) is 130 cm³/mol. The van der Waals surface area contributed by atoms with E-state index in [2.05, 4.69) is 17.2 Å². The quantitative estimate of drug-likeness (QED) is 0.470. The first kappa shape index (κ1) is 21.7. The molecule has 0 aromatic heterocycles. The molecule has 4 nitrogen and oxygen atoms in total. The van der Waals surface area contributed by atoms with Gasteiger partial charge in [0.1, 0.15) is 0 Å². The van der Waals surface area contributed by atoms with Crippen molar-refractivity contribution in [3.63, 3.8) is 0 Å². The van der Waals surface area contributed by atoms with Crippen molar-refractivity contribution in [2.75, 3.05) is 5.32 Å². The molecule has 1 aliphatic rings. The molecule has 0 saturated carbocycles. The molecular weight excluding hydrogens is 420 g/mol. The van der Waals surface area contributed by atoms with E-state index in [-0.39, 0.29) is 17.6 Å². The number of aliphatic imine (C=N–C) groups is 1. The van der Waals surface area contributed by atoms with E-state index in [1.165, 1.54) is 0 Å². The van der Waals surface area contributed by atoms with Crippen LogP contribution in [0.3, 0.4) is 0 Å². The monoisotopic (exact) mass is 442 g/mol. The summed E-state index contributed by atoms with van der Waals surface area (Å²) in [4.78, 5) is 31.1. The average molecular weight is 443 g/mol. The number of amides is 1. The Labute approximate surface area is 192 Å². The minimum Gasteiger partial charge on any atom is -0.323 e. The number of nitrogens with one attached hydrogen (secondary N) is 1. The molecule has 1 N–H and O–H groups in total. The summed E-state index contributed by atoms with van der Waals surface area (Å²) in [5.74, 6) is -0.508. The second kappa shape index (κ2) is 8.93. The predicted octanol–water partition coefficient (Wildman–Crippen LogP) is 6.08. The first-order valence-electron chi connectivity index (χ1n) is 10.4. The van der Waals surface area contributed by atoms with Crippen LogP contribution in [0.1, 0.15) is 41.3 Å². The minimum absolute atomic E-state index is 0.00471. The normalized spacial score (nSPS) is 18.2. The summed E-state index contributed by atoms with van der Waals surface area (Å²) in [6.45, 7) is 3.86. The molecule has 1 amide bonds. The Bertz CT molecular complexity index is 1220. The van der Waals surface area contributed by atoms with Gasteiger partial charge in [0.2, 0.25) is 0 Å². The largest absolute Gasteiger partial charge is 0.323 e. The van der Waals surface area contributed by atoms with Crippen LogP contribution in [0.2, 0.25) is 5.02 Å². The van der Waals surface area contributed by atoms with Crippen molar-refractivity contribution in [2.24, 2.45) is 4.99 Å². The van der Waals surface area contributed by atoms with Crippen LogP contribution in [-0.2, 0) is 4.79 Å². The second-order valence-electron chi connectivity index (χ2n) is 7.94. The van der Waals surface area contributed by atoms with Crippen molar-refractivity contribution >= 4 is 35.2 Å². The second-order valence-corrected chi connectivity index (χ2v) is 8.38. The van der Waals surface area contributed by atoms with Gasteiger partial charge in [-0.05, 0) is 42.3 Å². The van der Waals surface area contributed by atoms with Crippen molar-refractivity contribution in [2.45, 2.75) is 25.3 Å². The lowest BCUT2D eigenvalue weighted by molar-refractivity contribution is -0.119. The number of carbonyl (C=O) groups excluding carboxylic acids is 2. The van der Waals surface area contributed by atoms with Crippen molar-refractivity contribution in [3.05, 3.63) is 112 Å². The number of halogens is 1. The van der Waals surface area contributed by atoms with Crippen LogP contribution >= 0.6 is 11.6 Å². The first-order valence-corrected chi connectivity index (χ1v) is 10.8. The van der Waals surface area contributed by atoms with E-state index in [0.29, 0.717) is 21.8 Å². The molecule has 4 rings (SSSR count). The SMILES string of the molecule is CC(C1=CC=N[C@@]1(C)C(=O)Nc1ccc(Cl)cc1C(=O)c1ccccc1)c1ccccc1. The third kappa shape index (κ3) is 4.14. The molecule has 0 bridgehead atoms. The number of hydrogen-bond donors (Lipinski definition) is 1. The van der Waals surface area contributed by atoms with Gasteiger partial charge in [-0.25, -0.2) is 0 Å². The van der Waals surface area contributed by atoms with E-state index in [4.69, 9.17) is 11.6 Å². The van der Waals surface area contributed by atoms with Crippen LogP contribution in [0.4, 0.5) is 5.69 Å². The smallest absolute Gasteiger partial charge is 0.256 e. The van der Waals surface area contributed by atoms with Gasteiger partial charge < -0.3 is 5.32 Å². The highest BCUT2D eigenvalue weighted by Gasteiger charge is 2.41. The number of anilines is 1. The van der Waals surface area contributed by atoms with Gasteiger partial charge in [-0.2, -0.15) is 0 Å². The number of hydrogen-bond acceptors (Lipinski definition) is 3. The molecule has 1 unspecified atom stereocenters. The average Bonchev–Trinajstić information content (AvgIpc) is 3.23. The number of nitrogens with zero attached hydrogens (tertiary/aromatic N) is 1. The highest BCUT2D eigenvalue weighted by atomic mass is 35.5. The Morgan fingerprint density at radius 3 is 2.31 bits per heavy atom. The maximum atomic E-state index is 13.5. The number of rotatable bonds is 6. The van der Waals surface area contributed by atoms with Crippen LogP contribution in [0.25, 0.3) is 0 Å². The number of ketones is 1. The summed E-state index contributed by atoms with van der Waals surface area (Å²) in [7, 11) is 0. The summed E-state index contributed by atoms with van der Waals surface area (Å²) >= 11 is 6.17. The van der Waals surface area contributed by atoms with Gasteiger partial charge in [-0.1, -0.05) is 79.2 Å². The Morgan fingerprint density at radius 2 is 1.62 bits per heavy atom. The van der Waals surface area contributed by atoms with Crippen molar-refractivity contribution < 1.29 is 9.59 Å². The molecule has 0 spiro atoms. The molecule has 0 radical (unpaired) electrons. The lowest BCUT2D eigenvalue weighted by Gasteiger charge is -2.29. The van der Waals surface area contributed by atoms with Crippen LogP contribution in [-0.4, -0.2) is 23.4 Å². The van der Waals surface area contributed by atoms with E-state index in [1.54, 1.807) is 55.6 Å². The molecule has 2 atom stereocenters. The maximum Gasteiger partial charge on any atom is 0.256 e. The Balaban J connectivity index is 1.63. The number of benzene rings is 3. The zero-order chi connectivity index (χ0) is 22.7. The summed E-state index contributed by atoms with van der Waals surface area (Å²) < 4.78 is 0. The summed E-state index contributed by atoms with van der Waals surface area (Å²) in [6.07, 6.45) is 3.57. The highest BCUT2D eigenvalue weighted by molar-refractivity contribution is 6.31. The molecule has 5 heteroatoms. The van der Waals surface area contributed by atoms with Gasteiger partial charge in [0.25, 0.3) is 5.91 Å². The number of allylic oxidation sites excluding steroid dienone is 1. The van der Waals surface area contributed by atoms with E-state index < -0.39 is 5.54 Å². The topological polar surface area (TPSA) is 58.5 Å². The molecule has 0 saturated heterocycles. The molecule has 0 aliphatic carbocycles. The molecule has 3 aromatic carbocycles. The molecule has 32 heavy (non-hydrogen) atoms. The fourth-order valence-corrected chi connectivity index (χ4v) is 4.15. The van der Waals surface area contributed by atoms with Gasteiger partial charge in [-0.15, -0.1) is 0 Å². The van der Waals surface area contributed by atoms with E-state index >= 15 is 0 Å². The molecule has 3 aromatic rings. The van der Waals surface area contributed by atoms with Crippen LogP contribution < -0.4 is 5.32 Å². The van der Waals surface area contributed by atoms with Gasteiger partial charge in [0, 0.05) is 28.3 Å². The minimum atomic E-state index is -1.08. The zero-order valence-corrected chi connectivity index (χ0v) is 18.6. The molecule has 160 valence electrons. The Kier molecular flexibility index (Phi) is 6.06. The van der Waals surface area contributed by atoms with Gasteiger partial charge in [-0.3, -0.25) is 14.6 Å². The van der Waals surface area contributed by atoms with Crippen LogP contribution in [0, 0.1) is 0 Å². The van der Waals surface area contributed by atoms with Crippen molar-refractivity contribution in [3.8, 4) is 0 Å². The molecule has 1 heterocycles. The van der Waals surface area contributed by atoms with Gasteiger partial charge in [0.15, 0.2) is 11.3 Å². The third-order valence-electron chi connectivity index (χ3n) is 5.87. The van der Waals surface area contributed by atoms with E-state index in [0.717, 1.165) is 11.1 Å². The fourth-order valence-electron chi connectivity index (χ4n) is 3.98. The summed E-state index contributed by atoms with van der Waals surface area (Å²) in [5.41, 5.74) is 2.18. The van der Waals surface area contributed by atoms with Crippen LogP contribution in [0.5, 0.6) is 0 Å². The standard InChI is InChI=1S/C27H23ClN2O2/c1-18(19-9-5-3-6-10-19)23-15-16-29-27(23,2)26(32)30-24-14-13-21(28)17-22(24)25(31)20-11-7-4-8-12-20/h3-18H,1-2H3,(H,30,32)/t18?,27-/m1/s1. The zero-order valence-electron chi connectivity index (χ0n) is 17.9. The fraction of sp³-hybridized carbons (Fsp3) is 0.148. The molecule has 1 aliphatic heterocycles. The number of carbonyl (C=O) groups is 2. The third-order valence-corrected chi connectivity index (χ3v) is 6.10. The van der Waals surface area contributed by atoms with Crippen molar-refractivity contribution in [1.82, 2.24) is 0 Å². The van der Waals surface area contributed by atoms with Crippen LogP contribution in [0.15, 0.2) is 95.5 Å². The van der Waals surface area contributed by atoms with Gasteiger partial charge >= 0.3 is 0 Å². The highest BCUT2D eigenvalue weighted by Crippen LogP contribution is 2.38. The lowest BCUT2D eigenvalue weighted by Crippen LogP contribution is -2.40. The lowest BCUT2D eigenvalue weighted by atomic mass is 9.81. The van der Waals surface area contributed by atoms with E-state index in [9.17, 15) is 9.59 Å². The van der Waals surface area contributed by atoms with E-state index in [1.807, 2.05) is 42.5 Å².